The fourth-order valence-electron chi connectivity index (χ4n) is 4.56. The number of benzene rings is 2. The van der Waals surface area contributed by atoms with E-state index in [1.54, 1.807) is 38.3 Å². The van der Waals surface area contributed by atoms with Gasteiger partial charge >= 0.3 is 6.03 Å². The van der Waals surface area contributed by atoms with Gasteiger partial charge < -0.3 is 20.1 Å². The summed E-state index contributed by atoms with van der Waals surface area (Å²) < 4.78 is 5.16. The van der Waals surface area contributed by atoms with E-state index >= 15 is 0 Å². The Morgan fingerprint density at radius 1 is 1.09 bits per heavy atom. The Morgan fingerprint density at radius 3 is 2.37 bits per heavy atom. The molecule has 2 saturated heterocycles. The number of nitrogens with one attached hydrogen (secondary N) is 1. The number of carbonyl (C=O) groups is 2. The van der Waals surface area contributed by atoms with E-state index in [0.717, 1.165) is 23.7 Å². The van der Waals surface area contributed by atoms with Gasteiger partial charge in [-0.3, -0.25) is 14.6 Å². The topological polar surface area (TPSA) is 109 Å². The van der Waals surface area contributed by atoms with Gasteiger partial charge in [0.25, 0.3) is 5.91 Å². The normalized spacial score (nSPS) is 21.2. The number of amides is 3. The maximum Gasteiger partial charge on any atom is 0.325 e. The molecule has 4 rings (SSSR count). The summed E-state index contributed by atoms with van der Waals surface area (Å²) in [4.78, 5) is 31.1. The zero-order valence-corrected chi connectivity index (χ0v) is 20.6. The van der Waals surface area contributed by atoms with E-state index in [1.807, 2.05) is 24.3 Å². The number of aliphatic hydroxyl groups excluding tert-OH is 1. The number of aliphatic hydroxyl groups is 1. The van der Waals surface area contributed by atoms with Gasteiger partial charge in [0.15, 0.2) is 0 Å². The zero-order valence-electron chi connectivity index (χ0n) is 19.8. The minimum atomic E-state index is -1.19. The van der Waals surface area contributed by atoms with E-state index in [1.165, 1.54) is 0 Å². The summed E-state index contributed by atoms with van der Waals surface area (Å²) in [5.74, 6) is 0.271. The molecule has 0 radical (unpaired) electrons. The van der Waals surface area contributed by atoms with E-state index in [-0.39, 0.29) is 24.9 Å². The van der Waals surface area contributed by atoms with Crippen molar-refractivity contribution in [1.82, 2.24) is 15.1 Å². The van der Waals surface area contributed by atoms with Crippen LogP contribution in [0.15, 0.2) is 48.5 Å². The van der Waals surface area contributed by atoms with Crippen LogP contribution in [0.4, 0.5) is 10.5 Å². The highest BCUT2D eigenvalue weighted by Gasteiger charge is 2.49. The highest BCUT2D eigenvalue weighted by molar-refractivity contribution is 6.07. The lowest BCUT2D eigenvalue weighted by Gasteiger charge is -2.37. The van der Waals surface area contributed by atoms with Crippen LogP contribution in [-0.2, 0) is 10.3 Å². The molecule has 2 unspecified atom stereocenters. The fraction of sp³-hybridized carbons (Fsp3) is 0.400. The van der Waals surface area contributed by atoms with Gasteiger partial charge in [-0.2, -0.15) is 5.26 Å². The second kappa shape index (κ2) is 11.0. The number of hydrogen-bond acceptors (Lipinski definition) is 7. The molecule has 0 aliphatic carbocycles. The SMILES string of the molecule is COc1ccc(C2(C)NC(=O)N(CC(O)CN3CCN(c4ccccc4C#N)CC3)C2=O)cc1.Cl. The molecule has 2 aliphatic heterocycles. The average Bonchev–Trinajstić information content (AvgIpc) is 3.08. The number of nitriles is 1. The number of β-amino-alcohol motifs (C(OH)–C–C–N with tert-alkyl or cyclic N) is 1. The van der Waals surface area contributed by atoms with Crippen LogP contribution in [0.25, 0.3) is 0 Å². The van der Waals surface area contributed by atoms with Gasteiger partial charge in [-0.1, -0.05) is 24.3 Å². The van der Waals surface area contributed by atoms with Crippen LogP contribution in [0.3, 0.4) is 0 Å². The molecule has 0 bridgehead atoms. The van der Waals surface area contributed by atoms with Gasteiger partial charge in [-0.15, -0.1) is 12.4 Å². The number of para-hydroxylation sites is 1. The maximum absolute atomic E-state index is 13.1. The van der Waals surface area contributed by atoms with Crippen LogP contribution in [-0.4, -0.2) is 79.3 Å². The van der Waals surface area contributed by atoms with Gasteiger partial charge in [0.05, 0.1) is 31.0 Å². The number of ether oxygens (including phenoxy) is 1. The van der Waals surface area contributed by atoms with Gasteiger partial charge in [0.2, 0.25) is 0 Å². The van der Waals surface area contributed by atoms with Crippen molar-refractivity contribution in [2.45, 2.75) is 18.6 Å². The van der Waals surface area contributed by atoms with Crippen molar-refractivity contribution in [3.05, 3.63) is 59.7 Å². The standard InChI is InChI=1S/C25H29N5O4.ClH/c1-25(19-7-9-21(34-2)10-8-19)23(32)30(24(33)27-25)17-20(31)16-28-11-13-29(14-12-28)22-6-4-3-5-18(22)15-26;/h3-10,20,31H,11-14,16-17H2,1-2H3,(H,27,33);1H. The van der Waals surface area contributed by atoms with Crippen molar-refractivity contribution in [2.75, 3.05) is 51.3 Å². The number of hydrogen-bond donors (Lipinski definition) is 2. The molecule has 2 aromatic rings. The summed E-state index contributed by atoms with van der Waals surface area (Å²) in [6.07, 6.45) is -0.870. The first kappa shape index (κ1) is 26.3. The van der Waals surface area contributed by atoms with Crippen LogP contribution in [0.2, 0.25) is 0 Å². The molecule has 0 aromatic heterocycles. The Morgan fingerprint density at radius 2 is 1.74 bits per heavy atom. The Balaban J connectivity index is 0.00000342. The van der Waals surface area contributed by atoms with Crippen LogP contribution >= 0.6 is 12.4 Å². The third-order valence-corrected chi connectivity index (χ3v) is 6.54. The molecular weight excluding hydrogens is 470 g/mol. The van der Waals surface area contributed by atoms with Crippen molar-refractivity contribution in [2.24, 2.45) is 0 Å². The number of halogens is 1. The first-order valence-electron chi connectivity index (χ1n) is 11.3. The van der Waals surface area contributed by atoms with Crippen molar-refractivity contribution < 1.29 is 19.4 Å². The Kier molecular flexibility index (Phi) is 8.22. The van der Waals surface area contributed by atoms with Crippen LogP contribution in [0.5, 0.6) is 5.75 Å². The summed E-state index contributed by atoms with van der Waals surface area (Å²) in [5.41, 5.74) is 1.03. The van der Waals surface area contributed by atoms with Crippen molar-refractivity contribution in [3.63, 3.8) is 0 Å². The highest BCUT2D eigenvalue weighted by Crippen LogP contribution is 2.30. The first-order chi connectivity index (χ1) is 16.4. The van der Waals surface area contributed by atoms with E-state index in [0.29, 0.717) is 36.5 Å². The molecule has 3 amide bonds. The molecule has 2 atom stereocenters. The Bertz CT molecular complexity index is 1100. The number of anilines is 1. The van der Waals surface area contributed by atoms with Gasteiger partial charge in [0, 0.05) is 32.7 Å². The number of carbonyl (C=O) groups excluding carboxylic acids is 2. The number of methoxy groups -OCH3 is 1. The summed E-state index contributed by atoms with van der Waals surface area (Å²) >= 11 is 0. The number of piperazine rings is 1. The summed E-state index contributed by atoms with van der Waals surface area (Å²) in [7, 11) is 1.56. The lowest BCUT2D eigenvalue weighted by Crippen LogP contribution is -2.51. The van der Waals surface area contributed by atoms with E-state index in [4.69, 9.17) is 4.74 Å². The number of nitrogens with zero attached hydrogens (tertiary/aromatic N) is 4. The molecule has 35 heavy (non-hydrogen) atoms. The molecule has 0 saturated carbocycles. The molecule has 2 N–H and O–H groups in total. The van der Waals surface area contributed by atoms with Crippen molar-refractivity contribution in [3.8, 4) is 11.8 Å². The lowest BCUT2D eigenvalue weighted by atomic mass is 9.92. The second-order valence-corrected chi connectivity index (χ2v) is 8.77. The lowest BCUT2D eigenvalue weighted by molar-refractivity contribution is -0.132. The molecule has 186 valence electrons. The number of imide groups is 1. The highest BCUT2D eigenvalue weighted by atomic mass is 35.5. The van der Waals surface area contributed by atoms with E-state index in [2.05, 4.69) is 21.2 Å². The monoisotopic (exact) mass is 499 g/mol. The minimum absolute atomic E-state index is 0. The minimum Gasteiger partial charge on any atom is -0.497 e. The Labute approximate surface area is 211 Å². The van der Waals surface area contributed by atoms with E-state index < -0.39 is 17.7 Å². The van der Waals surface area contributed by atoms with Gasteiger partial charge in [-0.05, 0) is 36.8 Å². The molecule has 2 heterocycles. The molecular formula is C25H30ClN5O4. The van der Waals surface area contributed by atoms with Crippen molar-refractivity contribution >= 4 is 30.0 Å². The predicted molar refractivity (Wildman–Crippen MR) is 134 cm³/mol. The van der Waals surface area contributed by atoms with E-state index in [9.17, 15) is 20.0 Å². The van der Waals surface area contributed by atoms with Crippen LogP contribution in [0.1, 0.15) is 18.1 Å². The predicted octanol–water partition coefficient (Wildman–Crippen LogP) is 1.94. The first-order valence-corrected chi connectivity index (χ1v) is 11.3. The van der Waals surface area contributed by atoms with Crippen LogP contribution < -0.4 is 15.0 Å². The molecule has 2 fully saturated rings. The molecule has 2 aromatic carbocycles. The third-order valence-electron chi connectivity index (χ3n) is 6.54. The van der Waals surface area contributed by atoms with Gasteiger partial charge in [0.1, 0.15) is 17.4 Å². The second-order valence-electron chi connectivity index (χ2n) is 8.77. The van der Waals surface area contributed by atoms with Crippen LogP contribution in [0, 0.1) is 11.3 Å². The summed E-state index contributed by atoms with van der Waals surface area (Å²) in [6, 6.07) is 16.2. The van der Waals surface area contributed by atoms with Crippen molar-refractivity contribution in [1.29, 1.82) is 5.26 Å². The quantitative estimate of drug-likeness (QED) is 0.560. The summed E-state index contributed by atoms with van der Waals surface area (Å²) in [5, 5.41) is 22.8. The summed E-state index contributed by atoms with van der Waals surface area (Å²) in [6.45, 7) is 4.81. The zero-order chi connectivity index (χ0) is 24.3. The molecule has 9 nitrogen and oxygen atoms in total. The smallest absolute Gasteiger partial charge is 0.325 e. The molecule has 0 spiro atoms. The molecule has 10 heteroatoms. The number of rotatable bonds is 7. The Hall–Kier alpha value is -3.32. The largest absolute Gasteiger partial charge is 0.497 e. The third kappa shape index (κ3) is 5.35. The maximum atomic E-state index is 13.1. The molecule has 2 aliphatic rings. The number of urea groups is 1. The van der Waals surface area contributed by atoms with Gasteiger partial charge in [-0.25, -0.2) is 4.79 Å². The average molecular weight is 500 g/mol. The fourth-order valence-corrected chi connectivity index (χ4v) is 4.56.